The topological polar surface area (TPSA) is 80.2 Å². The first-order valence-electron chi connectivity index (χ1n) is 8.35. The molecule has 0 aliphatic heterocycles. The van der Waals surface area contributed by atoms with Crippen LogP contribution in [0.2, 0.25) is 0 Å². The number of hydrazone groups is 1. The van der Waals surface area contributed by atoms with E-state index in [1.807, 2.05) is 0 Å². The van der Waals surface area contributed by atoms with Crippen LogP contribution < -0.4 is 14.9 Å². The van der Waals surface area contributed by atoms with Crippen molar-refractivity contribution in [3.05, 3.63) is 50.9 Å². The number of amides is 1. The lowest BCUT2D eigenvalue weighted by Crippen LogP contribution is -2.24. The lowest BCUT2D eigenvalue weighted by molar-refractivity contribution is -0.123. The van der Waals surface area contributed by atoms with E-state index in [0.29, 0.717) is 22.4 Å². The molecule has 0 heterocycles. The minimum atomic E-state index is -0.414. The van der Waals surface area contributed by atoms with Crippen LogP contribution in [0.15, 0.2) is 50.4 Å². The summed E-state index contributed by atoms with van der Waals surface area (Å²) in [4.78, 5) is 11.8. The van der Waals surface area contributed by atoms with E-state index in [0.717, 1.165) is 23.1 Å². The fourth-order valence-corrected chi connectivity index (χ4v) is 3.26. The van der Waals surface area contributed by atoms with Crippen molar-refractivity contribution in [3.8, 4) is 17.2 Å². The molecule has 0 fully saturated rings. The van der Waals surface area contributed by atoms with E-state index in [2.05, 4.69) is 49.3 Å². The molecule has 27 heavy (non-hydrogen) atoms. The summed E-state index contributed by atoms with van der Waals surface area (Å²) >= 11 is 6.56. The first kappa shape index (κ1) is 21.2. The van der Waals surface area contributed by atoms with E-state index < -0.39 is 5.91 Å². The number of nitrogens with zero attached hydrogens (tertiary/aromatic N) is 1. The van der Waals surface area contributed by atoms with E-state index in [1.54, 1.807) is 36.4 Å². The Morgan fingerprint density at radius 3 is 2.52 bits per heavy atom. The zero-order valence-electron chi connectivity index (χ0n) is 14.7. The molecule has 0 aliphatic rings. The fraction of sp³-hybridized carbons (Fsp3) is 0.263. The molecule has 2 aromatic rings. The predicted octanol–water partition coefficient (Wildman–Crippen LogP) is 4.63. The smallest absolute Gasteiger partial charge is 0.277 e. The minimum absolute atomic E-state index is 0.0358. The van der Waals surface area contributed by atoms with Gasteiger partial charge >= 0.3 is 0 Å². The first-order valence-corrected chi connectivity index (χ1v) is 9.93. The van der Waals surface area contributed by atoms with Gasteiger partial charge in [0.15, 0.2) is 6.61 Å². The third-order valence-electron chi connectivity index (χ3n) is 3.41. The van der Waals surface area contributed by atoms with Crippen molar-refractivity contribution < 1.29 is 19.4 Å². The van der Waals surface area contributed by atoms with Gasteiger partial charge in [-0.25, -0.2) is 5.43 Å². The molecule has 0 radical (unpaired) electrons. The SMILES string of the molecule is CCCCOc1ccc(OCC(=O)N/N=C/c2cc(Br)cc(Br)c2O)cc1. The molecule has 0 spiro atoms. The molecule has 144 valence electrons. The largest absolute Gasteiger partial charge is 0.506 e. The third kappa shape index (κ3) is 7.22. The van der Waals surface area contributed by atoms with Crippen molar-refractivity contribution in [1.29, 1.82) is 0 Å². The van der Waals surface area contributed by atoms with Crippen LogP contribution in [0.3, 0.4) is 0 Å². The third-order valence-corrected chi connectivity index (χ3v) is 4.47. The zero-order chi connectivity index (χ0) is 19.6. The number of phenols is 1. The average molecular weight is 500 g/mol. The van der Waals surface area contributed by atoms with Crippen molar-refractivity contribution >= 4 is 44.0 Å². The Morgan fingerprint density at radius 2 is 1.85 bits per heavy atom. The molecule has 0 saturated carbocycles. The summed E-state index contributed by atoms with van der Waals surface area (Å²) in [5.74, 6) is 0.951. The molecule has 2 rings (SSSR count). The molecule has 0 aliphatic carbocycles. The van der Waals surface area contributed by atoms with Gasteiger partial charge in [0, 0.05) is 10.0 Å². The molecule has 0 aromatic heterocycles. The van der Waals surface area contributed by atoms with Crippen molar-refractivity contribution in [2.75, 3.05) is 13.2 Å². The summed E-state index contributed by atoms with van der Waals surface area (Å²) in [6.45, 7) is 2.61. The number of rotatable bonds is 9. The van der Waals surface area contributed by atoms with Crippen molar-refractivity contribution in [2.45, 2.75) is 19.8 Å². The highest BCUT2D eigenvalue weighted by molar-refractivity contribution is 9.11. The predicted molar refractivity (Wildman–Crippen MR) is 112 cm³/mol. The van der Waals surface area contributed by atoms with Crippen molar-refractivity contribution in [1.82, 2.24) is 5.43 Å². The van der Waals surface area contributed by atoms with Gasteiger partial charge in [-0.15, -0.1) is 0 Å². The highest BCUT2D eigenvalue weighted by atomic mass is 79.9. The Balaban J connectivity index is 1.79. The number of carbonyl (C=O) groups excluding carboxylic acids is 1. The van der Waals surface area contributed by atoms with Gasteiger partial charge in [-0.3, -0.25) is 4.79 Å². The molecular weight excluding hydrogens is 480 g/mol. The van der Waals surface area contributed by atoms with E-state index in [4.69, 9.17) is 9.47 Å². The standard InChI is InChI=1S/C19H20Br2N2O4/c1-2-3-8-26-15-4-6-16(7-5-15)27-12-18(24)23-22-11-13-9-14(20)10-17(21)19(13)25/h4-7,9-11,25H,2-3,8,12H2,1H3,(H,23,24)/b22-11+. The molecule has 2 aromatic carbocycles. The summed E-state index contributed by atoms with van der Waals surface area (Å²) in [6, 6.07) is 10.5. The molecule has 0 unspecified atom stereocenters. The van der Waals surface area contributed by atoms with Crippen molar-refractivity contribution in [3.63, 3.8) is 0 Å². The normalized spacial score (nSPS) is 10.8. The summed E-state index contributed by atoms with van der Waals surface area (Å²) in [5, 5.41) is 13.7. The number of halogens is 2. The zero-order valence-corrected chi connectivity index (χ0v) is 17.9. The van der Waals surface area contributed by atoms with E-state index in [-0.39, 0.29) is 12.4 Å². The van der Waals surface area contributed by atoms with Gasteiger partial charge in [0.05, 0.1) is 17.3 Å². The van der Waals surface area contributed by atoms with Crippen molar-refractivity contribution in [2.24, 2.45) is 5.10 Å². The van der Waals surface area contributed by atoms with Crippen LogP contribution in [-0.2, 0) is 4.79 Å². The second kappa shape index (κ2) is 10.9. The second-order valence-electron chi connectivity index (χ2n) is 5.58. The number of hydrogen-bond donors (Lipinski definition) is 2. The molecule has 0 bridgehead atoms. The Labute approximate surface area is 174 Å². The van der Waals surface area contributed by atoms with E-state index in [1.165, 1.54) is 6.21 Å². The quantitative estimate of drug-likeness (QED) is 0.299. The summed E-state index contributed by atoms with van der Waals surface area (Å²) in [7, 11) is 0. The number of aromatic hydroxyl groups is 1. The summed E-state index contributed by atoms with van der Waals surface area (Å²) in [5.41, 5.74) is 2.81. The van der Waals surface area contributed by atoms with Crippen LogP contribution in [0, 0.1) is 0 Å². The monoisotopic (exact) mass is 498 g/mol. The first-order chi connectivity index (χ1) is 13.0. The number of nitrogens with one attached hydrogen (secondary N) is 1. The summed E-state index contributed by atoms with van der Waals surface area (Å²) < 4.78 is 12.3. The molecular formula is C19H20Br2N2O4. The molecule has 8 heteroatoms. The van der Waals surface area contributed by atoms with Crippen LogP contribution in [0.25, 0.3) is 0 Å². The number of carbonyl (C=O) groups is 1. The highest BCUT2D eigenvalue weighted by Crippen LogP contribution is 2.30. The number of unbranched alkanes of at least 4 members (excludes halogenated alkanes) is 1. The highest BCUT2D eigenvalue weighted by Gasteiger charge is 2.06. The number of hydrogen-bond acceptors (Lipinski definition) is 5. The maximum atomic E-state index is 11.8. The number of ether oxygens (including phenoxy) is 2. The molecule has 0 atom stereocenters. The Hall–Kier alpha value is -2.06. The van der Waals surface area contributed by atoms with Crippen LogP contribution in [0.5, 0.6) is 17.2 Å². The van der Waals surface area contributed by atoms with Crippen LogP contribution in [-0.4, -0.2) is 30.4 Å². The molecule has 1 amide bonds. The maximum Gasteiger partial charge on any atom is 0.277 e. The molecule has 6 nitrogen and oxygen atoms in total. The lowest BCUT2D eigenvalue weighted by Gasteiger charge is -2.08. The molecule has 0 saturated heterocycles. The Kier molecular flexibility index (Phi) is 8.60. The maximum absolute atomic E-state index is 11.8. The number of benzene rings is 2. The van der Waals surface area contributed by atoms with E-state index in [9.17, 15) is 9.90 Å². The Morgan fingerprint density at radius 1 is 1.19 bits per heavy atom. The second-order valence-corrected chi connectivity index (χ2v) is 7.35. The number of phenolic OH excluding ortho intramolecular Hbond substituents is 1. The van der Waals surface area contributed by atoms with Gasteiger partial charge in [0.25, 0.3) is 5.91 Å². The summed E-state index contributed by atoms with van der Waals surface area (Å²) in [6.07, 6.45) is 3.44. The van der Waals surface area contributed by atoms with Gasteiger partial charge in [0.1, 0.15) is 17.2 Å². The lowest BCUT2D eigenvalue weighted by atomic mass is 10.2. The Bertz CT molecular complexity index is 795. The van der Waals surface area contributed by atoms with Gasteiger partial charge in [-0.05, 0) is 58.7 Å². The average Bonchev–Trinajstić information content (AvgIpc) is 2.65. The van der Waals surface area contributed by atoms with Gasteiger partial charge in [-0.2, -0.15) is 5.10 Å². The van der Waals surface area contributed by atoms with Gasteiger partial charge in [-0.1, -0.05) is 29.3 Å². The van der Waals surface area contributed by atoms with Crippen LogP contribution >= 0.6 is 31.9 Å². The molecule has 2 N–H and O–H groups in total. The minimum Gasteiger partial charge on any atom is -0.506 e. The fourth-order valence-electron chi connectivity index (χ4n) is 2.01. The van der Waals surface area contributed by atoms with Gasteiger partial charge < -0.3 is 14.6 Å². The van der Waals surface area contributed by atoms with Crippen LogP contribution in [0.1, 0.15) is 25.3 Å². The van der Waals surface area contributed by atoms with Crippen LogP contribution in [0.4, 0.5) is 0 Å². The van der Waals surface area contributed by atoms with Gasteiger partial charge in [0.2, 0.25) is 0 Å². The van der Waals surface area contributed by atoms with E-state index >= 15 is 0 Å².